The quantitative estimate of drug-likeness (QED) is 0.920. The Labute approximate surface area is 127 Å². The number of nitrogens with one attached hydrogen (secondary N) is 1. The predicted molar refractivity (Wildman–Crippen MR) is 86.0 cm³/mol. The molecule has 3 aliphatic rings. The van der Waals surface area contributed by atoms with Crippen LogP contribution in [0.15, 0.2) is 24.3 Å². The Balaban J connectivity index is 1.39. The van der Waals surface area contributed by atoms with Crippen LogP contribution in [0.25, 0.3) is 0 Å². The number of nitrogens with zero attached hydrogens (tertiary/aromatic N) is 2. The molecule has 1 aromatic rings. The maximum absolute atomic E-state index is 5.42. The van der Waals surface area contributed by atoms with Crippen molar-refractivity contribution in [1.29, 1.82) is 0 Å². The van der Waals surface area contributed by atoms with Gasteiger partial charge in [-0.3, -0.25) is 0 Å². The molecule has 0 saturated carbocycles. The van der Waals surface area contributed by atoms with Gasteiger partial charge in [-0.1, -0.05) is 0 Å². The van der Waals surface area contributed by atoms with E-state index >= 15 is 0 Å². The summed E-state index contributed by atoms with van der Waals surface area (Å²) in [5, 5.41) is 3.77. The average molecular weight is 287 g/mol. The van der Waals surface area contributed by atoms with Gasteiger partial charge in [-0.05, 0) is 49.6 Å². The molecule has 2 bridgehead atoms. The molecule has 3 unspecified atom stereocenters. The number of anilines is 2. The highest BCUT2D eigenvalue weighted by atomic mass is 16.5. The average Bonchev–Trinajstić information content (AvgIpc) is 2.94. The fourth-order valence-electron chi connectivity index (χ4n) is 3.95. The molecule has 0 amide bonds. The van der Waals surface area contributed by atoms with Gasteiger partial charge in [0.1, 0.15) is 0 Å². The fourth-order valence-corrected chi connectivity index (χ4v) is 3.95. The Kier molecular flexibility index (Phi) is 3.74. The summed E-state index contributed by atoms with van der Waals surface area (Å²) in [7, 11) is 0. The molecule has 1 N–H and O–H groups in total. The summed E-state index contributed by atoms with van der Waals surface area (Å²) >= 11 is 0. The van der Waals surface area contributed by atoms with Crippen molar-refractivity contribution in [3.63, 3.8) is 0 Å². The van der Waals surface area contributed by atoms with Gasteiger partial charge in [0.2, 0.25) is 0 Å². The van der Waals surface area contributed by atoms with E-state index < -0.39 is 0 Å². The van der Waals surface area contributed by atoms with E-state index in [1.165, 1.54) is 43.9 Å². The maximum Gasteiger partial charge on any atom is 0.0642 e. The summed E-state index contributed by atoms with van der Waals surface area (Å²) in [6.45, 7) is 7.57. The molecule has 4 heteroatoms. The SMILES string of the molecule is c1cc(N2CCOCC2)ccc1NC1CCN2CCC1C2. The topological polar surface area (TPSA) is 27.7 Å². The van der Waals surface area contributed by atoms with Crippen LogP contribution in [-0.2, 0) is 4.74 Å². The zero-order chi connectivity index (χ0) is 14.1. The van der Waals surface area contributed by atoms with Crippen LogP contribution in [0.1, 0.15) is 12.8 Å². The van der Waals surface area contributed by atoms with Gasteiger partial charge < -0.3 is 19.9 Å². The van der Waals surface area contributed by atoms with Gasteiger partial charge in [0.25, 0.3) is 0 Å². The third-order valence-electron chi connectivity index (χ3n) is 5.23. The van der Waals surface area contributed by atoms with E-state index in [-0.39, 0.29) is 0 Å². The van der Waals surface area contributed by atoms with Crippen molar-refractivity contribution in [3.8, 4) is 0 Å². The third kappa shape index (κ3) is 2.87. The molecule has 4 rings (SSSR count). The van der Waals surface area contributed by atoms with E-state index in [9.17, 15) is 0 Å². The lowest BCUT2D eigenvalue weighted by atomic mass is 9.94. The number of rotatable bonds is 3. The summed E-state index contributed by atoms with van der Waals surface area (Å²) in [4.78, 5) is 5.01. The molecule has 0 spiro atoms. The molecule has 114 valence electrons. The minimum absolute atomic E-state index is 0.665. The van der Waals surface area contributed by atoms with Gasteiger partial charge in [0, 0.05) is 43.6 Å². The van der Waals surface area contributed by atoms with E-state index in [0.29, 0.717) is 6.04 Å². The van der Waals surface area contributed by atoms with Gasteiger partial charge in [-0.15, -0.1) is 0 Å². The smallest absolute Gasteiger partial charge is 0.0642 e. The second-order valence-electron chi connectivity index (χ2n) is 6.54. The van der Waals surface area contributed by atoms with Crippen molar-refractivity contribution in [2.75, 3.05) is 56.2 Å². The molecule has 1 aromatic carbocycles. The van der Waals surface area contributed by atoms with Crippen LogP contribution >= 0.6 is 0 Å². The predicted octanol–water partition coefficient (Wildman–Crippen LogP) is 2.03. The van der Waals surface area contributed by atoms with E-state index in [0.717, 1.165) is 32.2 Å². The molecule has 3 atom stereocenters. The van der Waals surface area contributed by atoms with Crippen molar-refractivity contribution in [2.24, 2.45) is 5.92 Å². The Bertz CT molecular complexity index is 469. The van der Waals surface area contributed by atoms with E-state index in [2.05, 4.69) is 39.4 Å². The van der Waals surface area contributed by atoms with Gasteiger partial charge in [-0.25, -0.2) is 0 Å². The molecule has 3 heterocycles. The Morgan fingerprint density at radius 1 is 0.952 bits per heavy atom. The number of fused-ring (bicyclic) bond motifs is 2. The van der Waals surface area contributed by atoms with Gasteiger partial charge in [0.05, 0.1) is 13.2 Å². The van der Waals surface area contributed by atoms with Gasteiger partial charge in [-0.2, -0.15) is 0 Å². The highest BCUT2D eigenvalue weighted by Crippen LogP contribution is 2.30. The maximum atomic E-state index is 5.42. The largest absolute Gasteiger partial charge is 0.382 e. The molecular formula is C17H25N3O. The van der Waals surface area contributed by atoms with Crippen molar-refractivity contribution in [1.82, 2.24) is 4.90 Å². The second kappa shape index (κ2) is 5.85. The first-order valence-corrected chi connectivity index (χ1v) is 8.30. The van der Waals surface area contributed by atoms with Crippen molar-refractivity contribution in [3.05, 3.63) is 24.3 Å². The van der Waals surface area contributed by atoms with E-state index in [1.807, 2.05) is 0 Å². The minimum Gasteiger partial charge on any atom is -0.382 e. The summed E-state index contributed by atoms with van der Waals surface area (Å²) < 4.78 is 5.42. The van der Waals surface area contributed by atoms with Gasteiger partial charge >= 0.3 is 0 Å². The number of ether oxygens (including phenoxy) is 1. The lowest BCUT2D eigenvalue weighted by Gasteiger charge is -2.32. The standard InChI is InChI=1S/C17H25N3O/c1-3-16(20-9-11-21-12-10-20)4-2-15(1)18-17-6-8-19-7-5-14(17)13-19/h1-4,14,17-18H,5-13H2. The van der Waals surface area contributed by atoms with Crippen LogP contribution in [0.4, 0.5) is 11.4 Å². The molecule has 0 aromatic heterocycles. The number of benzene rings is 1. The normalized spacial score (nSPS) is 32.2. The number of hydrogen-bond acceptors (Lipinski definition) is 4. The van der Waals surface area contributed by atoms with Crippen LogP contribution in [0.3, 0.4) is 0 Å². The number of piperidine rings is 1. The summed E-state index contributed by atoms with van der Waals surface area (Å²) in [5.74, 6) is 0.845. The van der Waals surface area contributed by atoms with Crippen LogP contribution in [0.5, 0.6) is 0 Å². The van der Waals surface area contributed by atoms with Crippen molar-refractivity contribution < 1.29 is 4.74 Å². The monoisotopic (exact) mass is 287 g/mol. The zero-order valence-corrected chi connectivity index (χ0v) is 12.6. The Hall–Kier alpha value is -1.26. The molecule has 21 heavy (non-hydrogen) atoms. The van der Waals surface area contributed by atoms with E-state index in [4.69, 9.17) is 4.74 Å². The molecule has 3 aliphatic heterocycles. The summed E-state index contributed by atoms with van der Waals surface area (Å²) in [6.07, 6.45) is 2.65. The van der Waals surface area contributed by atoms with Crippen LogP contribution in [0.2, 0.25) is 0 Å². The van der Waals surface area contributed by atoms with Crippen molar-refractivity contribution >= 4 is 11.4 Å². The highest BCUT2D eigenvalue weighted by molar-refractivity contribution is 5.55. The molecule has 3 fully saturated rings. The lowest BCUT2D eigenvalue weighted by Crippen LogP contribution is -2.39. The second-order valence-corrected chi connectivity index (χ2v) is 6.54. The molecule has 3 saturated heterocycles. The Morgan fingerprint density at radius 3 is 2.52 bits per heavy atom. The lowest BCUT2D eigenvalue weighted by molar-refractivity contribution is 0.122. The zero-order valence-electron chi connectivity index (χ0n) is 12.6. The number of morpholine rings is 1. The third-order valence-corrected chi connectivity index (χ3v) is 5.23. The van der Waals surface area contributed by atoms with Crippen molar-refractivity contribution in [2.45, 2.75) is 18.9 Å². The first kappa shape index (κ1) is 13.4. The first-order chi connectivity index (χ1) is 10.4. The number of hydrogen-bond donors (Lipinski definition) is 1. The van der Waals surface area contributed by atoms with E-state index in [1.54, 1.807) is 0 Å². The Morgan fingerprint density at radius 2 is 1.71 bits per heavy atom. The fraction of sp³-hybridized carbons (Fsp3) is 0.647. The highest BCUT2D eigenvalue weighted by Gasteiger charge is 2.33. The summed E-state index contributed by atoms with van der Waals surface area (Å²) in [5.41, 5.74) is 2.59. The van der Waals surface area contributed by atoms with Crippen LogP contribution in [-0.4, -0.2) is 56.9 Å². The minimum atomic E-state index is 0.665. The van der Waals surface area contributed by atoms with Gasteiger partial charge in [0.15, 0.2) is 0 Å². The summed E-state index contributed by atoms with van der Waals surface area (Å²) in [6, 6.07) is 9.64. The van der Waals surface area contributed by atoms with Crippen LogP contribution in [0, 0.1) is 5.92 Å². The molecule has 4 nitrogen and oxygen atoms in total. The molecule has 0 aliphatic carbocycles. The van der Waals surface area contributed by atoms with Crippen LogP contribution < -0.4 is 10.2 Å². The molecular weight excluding hydrogens is 262 g/mol. The first-order valence-electron chi connectivity index (χ1n) is 8.30. The molecule has 0 radical (unpaired) electrons.